The average molecular weight is 331 g/mol. The maximum atomic E-state index is 12.9. The van der Waals surface area contributed by atoms with Crippen molar-refractivity contribution in [1.29, 1.82) is 0 Å². The second-order valence-corrected chi connectivity index (χ2v) is 6.17. The molecular formula is C20H17N3O2. The van der Waals surface area contributed by atoms with Gasteiger partial charge >= 0.3 is 0 Å². The van der Waals surface area contributed by atoms with Crippen molar-refractivity contribution in [2.24, 2.45) is 0 Å². The fourth-order valence-electron chi connectivity index (χ4n) is 3.21. The van der Waals surface area contributed by atoms with Crippen molar-refractivity contribution in [3.63, 3.8) is 0 Å². The van der Waals surface area contributed by atoms with E-state index >= 15 is 0 Å². The van der Waals surface area contributed by atoms with Crippen LogP contribution >= 0.6 is 0 Å². The van der Waals surface area contributed by atoms with Gasteiger partial charge < -0.3 is 5.32 Å². The molecule has 0 spiro atoms. The summed E-state index contributed by atoms with van der Waals surface area (Å²) in [4.78, 5) is 30.7. The molecule has 0 fully saturated rings. The molecule has 0 saturated carbocycles. The molecule has 2 heterocycles. The Labute approximate surface area is 145 Å². The van der Waals surface area contributed by atoms with Crippen molar-refractivity contribution in [3.05, 3.63) is 65.9 Å². The van der Waals surface area contributed by atoms with E-state index in [-0.39, 0.29) is 24.8 Å². The summed E-state index contributed by atoms with van der Waals surface area (Å²) < 4.78 is 0. The maximum Gasteiger partial charge on any atom is 0.244 e. The van der Waals surface area contributed by atoms with Gasteiger partial charge in [-0.1, -0.05) is 42.5 Å². The summed E-state index contributed by atoms with van der Waals surface area (Å²) in [5.41, 5.74) is 2.45. The van der Waals surface area contributed by atoms with E-state index in [4.69, 9.17) is 0 Å². The molecule has 2 amide bonds. The summed E-state index contributed by atoms with van der Waals surface area (Å²) in [5, 5.41) is 4.96. The Morgan fingerprint density at radius 3 is 2.84 bits per heavy atom. The van der Waals surface area contributed by atoms with Crippen molar-refractivity contribution in [2.75, 3.05) is 16.8 Å². The topological polar surface area (TPSA) is 62.3 Å². The zero-order valence-corrected chi connectivity index (χ0v) is 13.8. The fourth-order valence-corrected chi connectivity index (χ4v) is 3.21. The first-order chi connectivity index (χ1) is 12.1. The van der Waals surface area contributed by atoms with Gasteiger partial charge in [-0.3, -0.25) is 14.5 Å². The van der Waals surface area contributed by atoms with Crippen LogP contribution in [0.1, 0.15) is 11.1 Å². The van der Waals surface area contributed by atoms with Crippen molar-refractivity contribution in [1.82, 2.24) is 4.98 Å². The largest absolute Gasteiger partial charge is 0.321 e. The third kappa shape index (κ3) is 2.74. The minimum Gasteiger partial charge on any atom is -0.321 e. The second-order valence-electron chi connectivity index (χ2n) is 6.17. The van der Waals surface area contributed by atoms with Crippen LogP contribution in [-0.2, 0) is 16.0 Å². The molecule has 0 atom stereocenters. The number of aromatic nitrogens is 1. The summed E-state index contributed by atoms with van der Waals surface area (Å²) in [6.07, 6.45) is 1.88. The number of nitrogens with one attached hydrogen (secondary N) is 1. The summed E-state index contributed by atoms with van der Waals surface area (Å²) in [6, 6.07) is 15.7. The standard InChI is InChI=1S/C20H17N3O2/c1-13-9-10-21-20-19(13)22-17(24)12-23(20)18(25)11-15-7-4-6-14-5-2-3-8-16(14)15/h2-10H,11-12H2,1H3,(H,22,24). The Balaban J connectivity index is 1.70. The van der Waals surface area contributed by atoms with Gasteiger partial charge in [-0.2, -0.15) is 0 Å². The lowest BCUT2D eigenvalue weighted by molar-refractivity contribution is -0.121. The number of nitrogens with zero attached hydrogens (tertiary/aromatic N) is 2. The molecule has 25 heavy (non-hydrogen) atoms. The summed E-state index contributed by atoms with van der Waals surface area (Å²) in [6.45, 7) is 1.88. The first-order valence-electron chi connectivity index (χ1n) is 8.16. The molecule has 5 heteroatoms. The average Bonchev–Trinajstić information content (AvgIpc) is 2.62. The predicted molar refractivity (Wildman–Crippen MR) is 97.6 cm³/mol. The zero-order valence-electron chi connectivity index (χ0n) is 13.8. The summed E-state index contributed by atoms with van der Waals surface area (Å²) in [7, 11) is 0. The van der Waals surface area contributed by atoms with Gasteiger partial charge in [-0.25, -0.2) is 4.98 Å². The van der Waals surface area contributed by atoms with Gasteiger partial charge in [0.15, 0.2) is 5.82 Å². The number of fused-ring (bicyclic) bond motifs is 2. The lowest BCUT2D eigenvalue weighted by Crippen LogP contribution is -2.43. The number of anilines is 2. The van der Waals surface area contributed by atoms with Crippen LogP contribution in [0.25, 0.3) is 10.8 Å². The van der Waals surface area contributed by atoms with E-state index in [1.807, 2.05) is 55.5 Å². The molecule has 0 bridgehead atoms. The molecule has 3 aromatic rings. The Morgan fingerprint density at radius 1 is 1.16 bits per heavy atom. The highest BCUT2D eigenvalue weighted by Crippen LogP contribution is 2.30. The van der Waals surface area contributed by atoms with Gasteiger partial charge in [0.1, 0.15) is 6.54 Å². The van der Waals surface area contributed by atoms with Gasteiger partial charge in [0, 0.05) is 6.20 Å². The van der Waals surface area contributed by atoms with Crippen LogP contribution in [0.5, 0.6) is 0 Å². The molecule has 1 N–H and O–H groups in total. The molecule has 124 valence electrons. The monoisotopic (exact) mass is 331 g/mol. The van der Waals surface area contributed by atoms with E-state index in [1.54, 1.807) is 6.20 Å². The number of hydrogen-bond donors (Lipinski definition) is 1. The van der Waals surface area contributed by atoms with Crippen molar-refractivity contribution in [3.8, 4) is 0 Å². The maximum absolute atomic E-state index is 12.9. The van der Waals surface area contributed by atoms with E-state index in [0.717, 1.165) is 21.9 Å². The van der Waals surface area contributed by atoms with Gasteiger partial charge in [-0.05, 0) is 34.9 Å². The predicted octanol–water partition coefficient (Wildman–Crippen LogP) is 3.07. The molecule has 4 rings (SSSR count). The first kappa shape index (κ1) is 15.3. The van der Waals surface area contributed by atoms with Gasteiger partial charge in [-0.15, -0.1) is 0 Å². The number of benzene rings is 2. The lowest BCUT2D eigenvalue weighted by atomic mass is 10.0. The van der Waals surface area contributed by atoms with Crippen molar-refractivity contribution >= 4 is 34.1 Å². The third-order valence-electron chi connectivity index (χ3n) is 4.48. The Hall–Kier alpha value is -3.21. The molecule has 1 aromatic heterocycles. The van der Waals surface area contributed by atoms with Crippen LogP contribution < -0.4 is 10.2 Å². The highest BCUT2D eigenvalue weighted by atomic mass is 16.2. The van der Waals surface area contributed by atoms with Crippen LogP contribution in [0.4, 0.5) is 11.5 Å². The van der Waals surface area contributed by atoms with Crippen LogP contribution in [0.3, 0.4) is 0 Å². The van der Waals surface area contributed by atoms with Crippen LogP contribution in [0.15, 0.2) is 54.7 Å². The number of aryl methyl sites for hydroxylation is 1. The molecule has 1 aliphatic heterocycles. The number of carbonyl (C=O) groups excluding carboxylic acids is 2. The molecule has 1 aliphatic rings. The summed E-state index contributed by atoms with van der Waals surface area (Å²) in [5.74, 6) is 0.185. The zero-order chi connectivity index (χ0) is 17.4. The highest BCUT2D eigenvalue weighted by Gasteiger charge is 2.29. The Bertz CT molecular complexity index is 992. The van der Waals surface area contributed by atoms with E-state index in [2.05, 4.69) is 10.3 Å². The SMILES string of the molecule is Cc1ccnc2c1NC(=O)CN2C(=O)Cc1cccc2ccccc12. The Kier molecular flexibility index (Phi) is 3.69. The highest BCUT2D eigenvalue weighted by molar-refractivity contribution is 6.10. The lowest BCUT2D eigenvalue weighted by Gasteiger charge is -2.29. The number of carbonyl (C=O) groups is 2. The van der Waals surface area contributed by atoms with E-state index in [0.29, 0.717) is 11.5 Å². The van der Waals surface area contributed by atoms with Crippen LogP contribution in [-0.4, -0.2) is 23.3 Å². The molecule has 0 saturated heterocycles. The van der Waals surface area contributed by atoms with Crippen molar-refractivity contribution < 1.29 is 9.59 Å². The normalized spacial score (nSPS) is 13.5. The minimum atomic E-state index is -0.199. The van der Waals surface area contributed by atoms with Crippen molar-refractivity contribution in [2.45, 2.75) is 13.3 Å². The fraction of sp³-hybridized carbons (Fsp3) is 0.150. The van der Waals surface area contributed by atoms with Gasteiger partial charge in [0.25, 0.3) is 0 Å². The molecule has 0 aliphatic carbocycles. The van der Waals surface area contributed by atoms with E-state index in [9.17, 15) is 9.59 Å². The minimum absolute atomic E-state index is 0.00689. The van der Waals surface area contributed by atoms with E-state index < -0.39 is 0 Å². The smallest absolute Gasteiger partial charge is 0.244 e. The second kappa shape index (κ2) is 6.02. The van der Waals surface area contributed by atoms with Crippen LogP contribution in [0, 0.1) is 6.92 Å². The molecule has 2 aromatic carbocycles. The van der Waals surface area contributed by atoms with Gasteiger partial charge in [0.05, 0.1) is 12.1 Å². The molecule has 0 unspecified atom stereocenters. The van der Waals surface area contributed by atoms with Crippen LogP contribution in [0.2, 0.25) is 0 Å². The molecule has 5 nitrogen and oxygen atoms in total. The molecular weight excluding hydrogens is 314 g/mol. The number of hydrogen-bond acceptors (Lipinski definition) is 3. The third-order valence-corrected chi connectivity index (χ3v) is 4.48. The number of rotatable bonds is 2. The number of pyridine rings is 1. The van der Waals surface area contributed by atoms with E-state index in [1.165, 1.54) is 4.90 Å². The first-order valence-corrected chi connectivity index (χ1v) is 8.16. The summed E-state index contributed by atoms with van der Waals surface area (Å²) >= 11 is 0. The van der Waals surface area contributed by atoms with Gasteiger partial charge in [0.2, 0.25) is 11.8 Å². The quantitative estimate of drug-likeness (QED) is 0.785. The molecule has 0 radical (unpaired) electrons. The number of amides is 2. The Morgan fingerprint density at radius 2 is 1.96 bits per heavy atom.